The fourth-order valence-electron chi connectivity index (χ4n) is 2.39. The summed E-state index contributed by atoms with van der Waals surface area (Å²) in [6, 6.07) is 16.2. The average Bonchev–Trinajstić information content (AvgIpc) is 2.79. The fourth-order valence-corrected chi connectivity index (χ4v) is 2.39. The lowest BCUT2D eigenvalue weighted by atomic mass is 10.1. The molecular formula is C15H12N2O. The normalized spacial score (nSPS) is 19.2. The van der Waals surface area contributed by atoms with Crippen LogP contribution in [-0.2, 0) is 4.79 Å². The van der Waals surface area contributed by atoms with Crippen LogP contribution in [-0.4, -0.2) is 12.5 Å². The Morgan fingerprint density at radius 3 is 2.67 bits per heavy atom. The van der Waals surface area contributed by atoms with Crippen molar-refractivity contribution in [3.63, 3.8) is 0 Å². The minimum absolute atomic E-state index is 0.0387. The lowest BCUT2D eigenvalue weighted by Gasteiger charge is -2.16. The zero-order chi connectivity index (χ0) is 12.5. The highest BCUT2D eigenvalue weighted by Gasteiger charge is 2.30. The molecule has 18 heavy (non-hydrogen) atoms. The number of amides is 1. The van der Waals surface area contributed by atoms with Gasteiger partial charge in [0.05, 0.1) is 12.0 Å². The molecule has 1 aliphatic heterocycles. The molecule has 3 rings (SSSR count). The first kappa shape index (κ1) is 10.8. The second-order valence-corrected chi connectivity index (χ2v) is 4.57. The highest BCUT2D eigenvalue weighted by atomic mass is 16.2. The third-order valence-electron chi connectivity index (χ3n) is 3.35. The first-order valence-electron chi connectivity index (χ1n) is 5.97. The van der Waals surface area contributed by atoms with Crippen LogP contribution in [0.4, 0.5) is 5.69 Å². The number of anilines is 1. The second-order valence-electron chi connectivity index (χ2n) is 4.57. The van der Waals surface area contributed by atoms with E-state index in [9.17, 15) is 4.79 Å². The summed E-state index contributed by atoms with van der Waals surface area (Å²) < 4.78 is 0. The lowest BCUT2D eigenvalue weighted by molar-refractivity contribution is -0.117. The van der Waals surface area contributed by atoms with Gasteiger partial charge in [-0.15, -0.1) is 0 Å². The van der Waals surface area contributed by atoms with E-state index in [0.717, 1.165) is 16.5 Å². The molecule has 1 aliphatic rings. The molecule has 0 aliphatic carbocycles. The Morgan fingerprint density at radius 1 is 1.17 bits per heavy atom. The Morgan fingerprint density at radius 2 is 1.94 bits per heavy atom. The Labute approximate surface area is 105 Å². The van der Waals surface area contributed by atoms with Crippen molar-refractivity contribution < 1.29 is 4.79 Å². The molecule has 0 N–H and O–H groups in total. The molecule has 0 bridgehead atoms. The summed E-state index contributed by atoms with van der Waals surface area (Å²) >= 11 is 0. The van der Waals surface area contributed by atoms with Gasteiger partial charge in [0, 0.05) is 18.7 Å². The Kier molecular flexibility index (Phi) is 2.49. The molecular weight excluding hydrogens is 224 g/mol. The number of carbonyl (C=O) groups excluding carboxylic acids is 1. The van der Waals surface area contributed by atoms with Crippen LogP contribution in [0.5, 0.6) is 0 Å². The summed E-state index contributed by atoms with van der Waals surface area (Å²) in [6.45, 7) is 0.508. The van der Waals surface area contributed by atoms with Crippen molar-refractivity contribution in [3.05, 3.63) is 42.5 Å². The van der Waals surface area contributed by atoms with Gasteiger partial charge in [-0.1, -0.05) is 30.3 Å². The van der Waals surface area contributed by atoms with Crippen LogP contribution in [0.3, 0.4) is 0 Å². The number of hydrogen-bond donors (Lipinski definition) is 0. The number of carbonyl (C=O) groups is 1. The molecule has 1 amide bonds. The molecule has 1 saturated heterocycles. The Balaban J connectivity index is 2.00. The van der Waals surface area contributed by atoms with Gasteiger partial charge in [0.25, 0.3) is 0 Å². The number of nitrogens with zero attached hydrogens (tertiary/aromatic N) is 2. The van der Waals surface area contributed by atoms with Crippen LogP contribution in [0, 0.1) is 17.2 Å². The Hall–Kier alpha value is -2.34. The maximum Gasteiger partial charge on any atom is 0.228 e. The fraction of sp³-hybridized carbons (Fsp3) is 0.200. The van der Waals surface area contributed by atoms with Crippen LogP contribution >= 0.6 is 0 Å². The topological polar surface area (TPSA) is 44.1 Å². The van der Waals surface area contributed by atoms with Crippen molar-refractivity contribution in [1.29, 1.82) is 5.26 Å². The zero-order valence-corrected chi connectivity index (χ0v) is 9.84. The van der Waals surface area contributed by atoms with Crippen molar-refractivity contribution in [2.75, 3.05) is 11.4 Å². The summed E-state index contributed by atoms with van der Waals surface area (Å²) in [6.07, 6.45) is 0.337. The maximum atomic E-state index is 11.9. The SMILES string of the molecule is N#CC1CC(=O)N(c2ccc3ccccc3c2)C1. The van der Waals surface area contributed by atoms with Gasteiger partial charge in [0.15, 0.2) is 0 Å². The van der Waals surface area contributed by atoms with Gasteiger partial charge in [-0.3, -0.25) is 4.79 Å². The average molecular weight is 236 g/mol. The molecule has 1 atom stereocenters. The van der Waals surface area contributed by atoms with E-state index >= 15 is 0 Å². The highest BCUT2D eigenvalue weighted by Crippen LogP contribution is 2.27. The van der Waals surface area contributed by atoms with E-state index < -0.39 is 0 Å². The standard InChI is InChI=1S/C15H12N2O/c16-9-11-7-15(18)17(10-11)14-6-5-12-3-1-2-4-13(12)8-14/h1-6,8,11H,7,10H2. The third kappa shape index (κ3) is 1.72. The van der Waals surface area contributed by atoms with Crippen LogP contribution in [0.2, 0.25) is 0 Å². The number of benzene rings is 2. The predicted molar refractivity (Wildman–Crippen MR) is 70.0 cm³/mol. The minimum Gasteiger partial charge on any atom is -0.311 e. The number of rotatable bonds is 1. The number of nitriles is 1. The van der Waals surface area contributed by atoms with Crippen molar-refractivity contribution in [1.82, 2.24) is 0 Å². The van der Waals surface area contributed by atoms with Crippen LogP contribution in [0.15, 0.2) is 42.5 Å². The van der Waals surface area contributed by atoms with E-state index in [1.807, 2.05) is 42.5 Å². The smallest absolute Gasteiger partial charge is 0.228 e. The molecule has 0 radical (unpaired) electrons. The highest BCUT2D eigenvalue weighted by molar-refractivity contribution is 5.98. The van der Waals surface area contributed by atoms with E-state index in [0.29, 0.717) is 13.0 Å². The van der Waals surface area contributed by atoms with Crippen molar-refractivity contribution in [3.8, 4) is 6.07 Å². The summed E-state index contributed by atoms with van der Waals surface area (Å²) in [7, 11) is 0. The van der Waals surface area contributed by atoms with E-state index in [1.165, 1.54) is 0 Å². The molecule has 0 saturated carbocycles. The molecule has 1 unspecified atom stereocenters. The largest absolute Gasteiger partial charge is 0.311 e. The summed E-state index contributed by atoms with van der Waals surface area (Å²) in [4.78, 5) is 13.6. The van der Waals surface area contributed by atoms with Crippen LogP contribution < -0.4 is 4.90 Å². The van der Waals surface area contributed by atoms with Gasteiger partial charge in [-0.25, -0.2) is 0 Å². The van der Waals surface area contributed by atoms with E-state index in [2.05, 4.69) is 6.07 Å². The molecule has 3 nitrogen and oxygen atoms in total. The van der Waals surface area contributed by atoms with E-state index in [-0.39, 0.29) is 11.8 Å². The molecule has 2 aromatic carbocycles. The molecule has 3 heteroatoms. The Bertz CT molecular complexity index is 657. The van der Waals surface area contributed by atoms with Gasteiger partial charge in [-0.05, 0) is 22.9 Å². The van der Waals surface area contributed by atoms with Crippen molar-refractivity contribution in [2.45, 2.75) is 6.42 Å². The van der Waals surface area contributed by atoms with Gasteiger partial charge < -0.3 is 4.90 Å². The lowest BCUT2D eigenvalue weighted by Crippen LogP contribution is -2.24. The van der Waals surface area contributed by atoms with Crippen LogP contribution in [0.1, 0.15) is 6.42 Å². The van der Waals surface area contributed by atoms with Gasteiger partial charge in [0.2, 0.25) is 5.91 Å². The summed E-state index contributed by atoms with van der Waals surface area (Å²) in [5.41, 5.74) is 0.886. The van der Waals surface area contributed by atoms with Gasteiger partial charge in [-0.2, -0.15) is 5.26 Å². The first-order chi connectivity index (χ1) is 8.78. The number of hydrogen-bond acceptors (Lipinski definition) is 2. The monoisotopic (exact) mass is 236 g/mol. The third-order valence-corrected chi connectivity index (χ3v) is 3.35. The molecule has 0 spiro atoms. The summed E-state index contributed by atoms with van der Waals surface area (Å²) in [5.74, 6) is -0.138. The molecule has 2 aromatic rings. The first-order valence-corrected chi connectivity index (χ1v) is 5.97. The van der Waals surface area contributed by atoms with E-state index in [4.69, 9.17) is 5.26 Å². The quantitative estimate of drug-likeness (QED) is 0.764. The molecule has 88 valence electrons. The van der Waals surface area contributed by atoms with E-state index in [1.54, 1.807) is 4.90 Å². The van der Waals surface area contributed by atoms with Crippen molar-refractivity contribution >= 4 is 22.4 Å². The van der Waals surface area contributed by atoms with Gasteiger partial charge in [0.1, 0.15) is 0 Å². The molecule has 0 aromatic heterocycles. The summed E-state index contributed by atoms with van der Waals surface area (Å²) in [5, 5.41) is 11.2. The van der Waals surface area contributed by atoms with Crippen LogP contribution in [0.25, 0.3) is 10.8 Å². The molecule has 1 heterocycles. The molecule has 1 fully saturated rings. The van der Waals surface area contributed by atoms with Gasteiger partial charge >= 0.3 is 0 Å². The maximum absolute atomic E-state index is 11.9. The minimum atomic E-state index is -0.177. The number of fused-ring (bicyclic) bond motifs is 1. The second kappa shape index (κ2) is 4.15. The van der Waals surface area contributed by atoms with Crippen molar-refractivity contribution in [2.24, 2.45) is 5.92 Å². The predicted octanol–water partition coefficient (Wildman–Crippen LogP) is 2.72. The zero-order valence-electron chi connectivity index (χ0n) is 9.84.